The quantitative estimate of drug-likeness (QED) is 0.637. The maximum atomic E-state index is 12.7. The van der Waals surface area contributed by atoms with Crippen LogP contribution in [-0.4, -0.2) is 61.1 Å². The minimum absolute atomic E-state index is 0.0243. The Hall–Kier alpha value is -1.84. The van der Waals surface area contributed by atoms with E-state index < -0.39 is 0 Å². The summed E-state index contributed by atoms with van der Waals surface area (Å²) in [5, 5.41) is 4.02. The van der Waals surface area contributed by atoms with Crippen LogP contribution in [0.1, 0.15) is 9.75 Å². The Morgan fingerprint density at radius 3 is 2.90 bits per heavy atom. The van der Waals surface area contributed by atoms with Gasteiger partial charge in [-0.15, -0.1) is 11.3 Å². The molecule has 7 nitrogen and oxygen atoms in total. The second-order valence-electron chi connectivity index (χ2n) is 6.43. The third-order valence-corrected chi connectivity index (χ3v) is 8.47. The Labute approximate surface area is 177 Å². The highest BCUT2D eigenvalue weighted by Crippen LogP contribution is 2.16. The van der Waals surface area contributed by atoms with Crippen LogP contribution in [0.2, 0.25) is 0 Å². The zero-order chi connectivity index (χ0) is 20.6. The van der Waals surface area contributed by atoms with Crippen LogP contribution in [-0.2, 0) is 32.8 Å². The number of nitrogens with two attached hydrogens (primary N) is 1. The minimum atomic E-state index is -0.306. The molecule has 0 amide bonds. The summed E-state index contributed by atoms with van der Waals surface area (Å²) in [5.41, 5.74) is 5.43. The van der Waals surface area contributed by atoms with Crippen LogP contribution in [0.15, 0.2) is 35.2 Å². The molecule has 156 valence electrons. The summed E-state index contributed by atoms with van der Waals surface area (Å²) in [5.74, 6) is 8.28. The summed E-state index contributed by atoms with van der Waals surface area (Å²) < 4.78 is 26.2. The van der Waals surface area contributed by atoms with Gasteiger partial charge >= 0.3 is 5.69 Å². The molecule has 0 saturated carbocycles. The lowest BCUT2D eigenvalue weighted by Crippen LogP contribution is -2.37. The maximum absolute atomic E-state index is 12.7. The van der Waals surface area contributed by atoms with E-state index in [2.05, 4.69) is 21.8 Å². The molecule has 0 radical (unpaired) electrons. The monoisotopic (exact) mass is 455 g/mol. The van der Waals surface area contributed by atoms with Crippen molar-refractivity contribution in [1.82, 2.24) is 19.2 Å². The van der Waals surface area contributed by atoms with E-state index in [9.17, 15) is 13.4 Å². The van der Waals surface area contributed by atoms with Crippen LogP contribution in [0.25, 0.3) is 0 Å². The molecular weight excluding hydrogens is 433 g/mol. The Morgan fingerprint density at radius 2 is 2.21 bits per heavy atom. The molecule has 1 fully saturated rings. The van der Waals surface area contributed by atoms with E-state index >= 15 is 0 Å². The molecule has 1 aliphatic heterocycles. The normalized spacial score (nSPS) is 15.9. The molecular formula is C18H22FN5O2S3. The van der Waals surface area contributed by atoms with Crippen molar-refractivity contribution < 1.29 is 8.60 Å². The minimum Gasteiger partial charge on any atom is -0.327 e. The van der Waals surface area contributed by atoms with Crippen molar-refractivity contribution in [3.63, 3.8) is 0 Å². The molecule has 0 atom stereocenters. The molecule has 0 aromatic carbocycles. The fourth-order valence-electron chi connectivity index (χ4n) is 2.76. The molecule has 0 aliphatic carbocycles. The van der Waals surface area contributed by atoms with Crippen molar-refractivity contribution in [2.24, 2.45) is 5.73 Å². The van der Waals surface area contributed by atoms with Gasteiger partial charge in [-0.1, -0.05) is 21.3 Å². The fraction of sp³-hybridized carbons (Fsp3) is 0.444. The van der Waals surface area contributed by atoms with Gasteiger partial charge in [0, 0.05) is 36.0 Å². The van der Waals surface area contributed by atoms with Crippen molar-refractivity contribution in [2.75, 3.05) is 37.7 Å². The zero-order valence-corrected chi connectivity index (χ0v) is 18.2. The van der Waals surface area contributed by atoms with E-state index in [1.165, 1.54) is 26.9 Å². The van der Waals surface area contributed by atoms with E-state index in [0.29, 0.717) is 25.0 Å². The van der Waals surface area contributed by atoms with E-state index in [4.69, 9.17) is 5.73 Å². The number of thiophene rings is 1. The summed E-state index contributed by atoms with van der Waals surface area (Å²) in [6, 6.07) is 3.89. The summed E-state index contributed by atoms with van der Waals surface area (Å²) in [7, 11) is 0.717. The van der Waals surface area contributed by atoms with Crippen molar-refractivity contribution in [3.05, 3.63) is 50.6 Å². The maximum Gasteiger partial charge on any atom is 0.346 e. The predicted molar refractivity (Wildman–Crippen MR) is 117 cm³/mol. The molecule has 0 unspecified atom stereocenters. The molecule has 0 bridgehead atoms. The summed E-state index contributed by atoms with van der Waals surface area (Å²) >= 11 is 1.54. The van der Waals surface area contributed by atoms with Crippen molar-refractivity contribution >= 4 is 31.0 Å². The number of hydrogen-bond acceptors (Lipinski definition) is 6. The molecule has 3 heterocycles. The lowest BCUT2D eigenvalue weighted by Gasteiger charge is -2.24. The molecule has 11 heteroatoms. The van der Waals surface area contributed by atoms with Gasteiger partial charge < -0.3 is 5.73 Å². The van der Waals surface area contributed by atoms with Crippen molar-refractivity contribution in [1.29, 1.82) is 0 Å². The number of hydrogen-bond donors (Lipinski definition) is 1. The van der Waals surface area contributed by atoms with Gasteiger partial charge in [-0.3, -0.25) is 9.47 Å². The molecule has 2 N–H and O–H groups in total. The van der Waals surface area contributed by atoms with Crippen LogP contribution < -0.4 is 11.4 Å². The first-order chi connectivity index (χ1) is 14.1. The highest BCUT2D eigenvalue weighted by atomic mass is 32.8. The average molecular weight is 456 g/mol. The molecule has 1 aliphatic rings. The smallest absolute Gasteiger partial charge is 0.327 e. The molecule has 29 heavy (non-hydrogen) atoms. The number of nitrogens with zero attached hydrogens (tertiary/aromatic N) is 4. The first-order valence-corrected chi connectivity index (χ1v) is 12.6. The van der Waals surface area contributed by atoms with E-state index in [-0.39, 0.29) is 28.2 Å². The van der Waals surface area contributed by atoms with Crippen molar-refractivity contribution in [3.8, 4) is 11.8 Å². The average Bonchev–Trinajstić information content (AvgIpc) is 3.34. The Bertz CT molecular complexity index is 1050. The SMILES string of the molecule is NC/C(=C\F)Cn1ncn(Cc2ccc(C#CCN3CCS(=S=O)CC3)s2)c1=O. The summed E-state index contributed by atoms with van der Waals surface area (Å²) in [6.45, 7) is 3.04. The number of rotatable bonds is 6. The second kappa shape index (κ2) is 10.8. The van der Waals surface area contributed by atoms with Gasteiger partial charge in [-0.25, -0.2) is 18.1 Å². The summed E-state index contributed by atoms with van der Waals surface area (Å²) in [6.07, 6.45) is 1.87. The number of aromatic nitrogens is 3. The number of halogens is 1. The topological polar surface area (TPSA) is 86.2 Å². The lowest BCUT2D eigenvalue weighted by molar-refractivity contribution is 0.340. The standard InChI is InChI=1S/C18H22FN5O2S3/c19-10-15(11-20)12-24-18(25)23(14-21-24)13-17-4-3-16(27-17)2-1-5-22-6-8-29(28-26)9-7-22/h3-4,10,14H,5-9,11-13,20H2/b15-10+. The molecule has 0 spiro atoms. The van der Waals surface area contributed by atoms with Crippen LogP contribution in [0.4, 0.5) is 4.39 Å². The van der Waals surface area contributed by atoms with Crippen LogP contribution >= 0.6 is 11.3 Å². The zero-order valence-electron chi connectivity index (χ0n) is 15.8. The van der Waals surface area contributed by atoms with Crippen molar-refractivity contribution in [2.45, 2.75) is 13.1 Å². The van der Waals surface area contributed by atoms with Gasteiger partial charge in [0.1, 0.15) is 16.6 Å². The van der Waals surface area contributed by atoms with Gasteiger partial charge in [0.15, 0.2) is 0 Å². The predicted octanol–water partition coefficient (Wildman–Crippen LogP) is 0.380. The Morgan fingerprint density at radius 1 is 1.41 bits per heavy atom. The van der Waals surface area contributed by atoms with E-state index in [0.717, 1.165) is 44.6 Å². The molecule has 2 aromatic rings. The summed E-state index contributed by atoms with van der Waals surface area (Å²) in [4.78, 5) is 16.6. The van der Waals surface area contributed by atoms with Gasteiger partial charge in [-0.05, 0) is 17.7 Å². The highest BCUT2D eigenvalue weighted by Gasteiger charge is 2.12. The van der Waals surface area contributed by atoms with Crippen LogP contribution in [0.3, 0.4) is 0 Å². The van der Waals surface area contributed by atoms with Gasteiger partial charge in [0.05, 0.1) is 30.8 Å². The molecule has 1 saturated heterocycles. The Balaban J connectivity index is 1.57. The third-order valence-electron chi connectivity index (χ3n) is 4.43. The molecule has 2 aromatic heterocycles. The van der Waals surface area contributed by atoms with E-state index in [1.54, 1.807) is 0 Å². The largest absolute Gasteiger partial charge is 0.346 e. The first kappa shape index (κ1) is 21.9. The Kier molecular flexibility index (Phi) is 8.14. The van der Waals surface area contributed by atoms with Gasteiger partial charge in [0.2, 0.25) is 0 Å². The van der Waals surface area contributed by atoms with Gasteiger partial charge in [0.25, 0.3) is 0 Å². The van der Waals surface area contributed by atoms with E-state index in [1.807, 2.05) is 12.1 Å². The second-order valence-corrected chi connectivity index (χ2v) is 11.3. The van der Waals surface area contributed by atoms with Crippen LogP contribution in [0, 0.1) is 11.8 Å². The third kappa shape index (κ3) is 6.07. The van der Waals surface area contributed by atoms with Crippen LogP contribution in [0.5, 0.6) is 0 Å². The van der Waals surface area contributed by atoms with Gasteiger partial charge in [-0.2, -0.15) is 5.10 Å². The first-order valence-electron chi connectivity index (χ1n) is 9.01. The highest BCUT2D eigenvalue weighted by molar-refractivity contribution is 8.31. The fourth-order valence-corrected chi connectivity index (χ4v) is 5.76. The molecule has 3 rings (SSSR count). The lowest BCUT2D eigenvalue weighted by atomic mass is 10.3.